The van der Waals surface area contributed by atoms with Gasteiger partial charge in [0, 0.05) is 31.4 Å². The second-order valence-electron chi connectivity index (χ2n) is 6.78. The highest BCUT2D eigenvalue weighted by Crippen LogP contribution is 2.40. The Hall–Kier alpha value is -2.35. The lowest BCUT2D eigenvalue weighted by Gasteiger charge is -2.35. The summed E-state index contributed by atoms with van der Waals surface area (Å²) in [5.41, 5.74) is -2.36. The lowest BCUT2D eigenvalue weighted by molar-refractivity contribution is -0.106. The topological polar surface area (TPSA) is 87.7 Å². The average Bonchev–Trinajstić information content (AvgIpc) is 2.57. The third-order valence-corrected chi connectivity index (χ3v) is 4.78. The zero-order valence-electron chi connectivity index (χ0n) is 13.7. The lowest BCUT2D eigenvalue weighted by atomic mass is 9.79. The van der Waals surface area contributed by atoms with Crippen molar-refractivity contribution in [3.05, 3.63) is 40.0 Å². The van der Waals surface area contributed by atoms with Gasteiger partial charge in [-0.05, 0) is 25.3 Å². The van der Waals surface area contributed by atoms with Gasteiger partial charge in [0.05, 0.1) is 11.0 Å². The third kappa shape index (κ3) is 3.75. The van der Waals surface area contributed by atoms with Gasteiger partial charge in [-0.25, -0.2) is 13.2 Å². The van der Waals surface area contributed by atoms with Gasteiger partial charge >= 0.3 is 0 Å². The molecule has 0 saturated heterocycles. The van der Waals surface area contributed by atoms with Crippen LogP contribution in [0.3, 0.4) is 0 Å². The number of fused-ring (bicyclic) bond motifs is 1. The predicted octanol–water partition coefficient (Wildman–Crippen LogP) is 3.54. The Morgan fingerprint density at radius 3 is 2.46 bits per heavy atom. The Kier molecular flexibility index (Phi) is 4.56. The minimum absolute atomic E-state index is 0.0426. The monoisotopic (exact) mass is 370 g/mol. The van der Waals surface area contributed by atoms with Gasteiger partial charge in [0.25, 0.3) is 0 Å². The summed E-state index contributed by atoms with van der Waals surface area (Å²) in [7, 11) is 0. The van der Waals surface area contributed by atoms with Crippen LogP contribution in [-0.4, -0.2) is 27.5 Å². The Bertz CT molecular complexity index is 909. The van der Waals surface area contributed by atoms with E-state index in [1.165, 1.54) is 0 Å². The van der Waals surface area contributed by atoms with Crippen molar-refractivity contribution >= 4 is 16.8 Å². The van der Waals surface area contributed by atoms with E-state index in [0.29, 0.717) is 0 Å². The van der Waals surface area contributed by atoms with Crippen LogP contribution in [0.15, 0.2) is 27.4 Å². The quantitative estimate of drug-likeness (QED) is 0.804. The maximum Gasteiger partial charge on any atom is 0.248 e. The lowest BCUT2D eigenvalue weighted by Crippen LogP contribution is -2.38. The van der Waals surface area contributed by atoms with Crippen molar-refractivity contribution in [2.24, 2.45) is 0 Å². The number of alkyl halides is 2. The molecule has 0 spiro atoms. The van der Waals surface area contributed by atoms with Crippen LogP contribution in [0.2, 0.25) is 0 Å². The van der Waals surface area contributed by atoms with Gasteiger partial charge < -0.3 is 14.6 Å². The Balaban J connectivity index is 1.77. The molecule has 1 heterocycles. The SMILES string of the molecule is O=C(CCC1(O)CCC(F)(F)CC1)c1cc(=O)c2cc(F)cc(O)c2o1. The number of aliphatic hydroxyl groups is 1. The largest absolute Gasteiger partial charge is 0.504 e. The van der Waals surface area contributed by atoms with Crippen molar-refractivity contribution in [3.8, 4) is 5.75 Å². The van der Waals surface area contributed by atoms with Crippen LogP contribution < -0.4 is 5.43 Å². The molecule has 0 aliphatic heterocycles. The summed E-state index contributed by atoms with van der Waals surface area (Å²) in [6.07, 6.45) is -1.37. The van der Waals surface area contributed by atoms with Crippen molar-refractivity contribution < 1.29 is 32.6 Å². The standard InChI is InChI=1S/C18H17F3O5/c19-10-7-11-13(23)9-15(26-16(11)14(24)8-10)12(22)1-2-17(25)3-5-18(20,21)6-4-17/h7-9,24-25H,1-6H2. The van der Waals surface area contributed by atoms with E-state index in [1.54, 1.807) is 0 Å². The van der Waals surface area contributed by atoms with Gasteiger partial charge in [-0.1, -0.05) is 0 Å². The zero-order chi connectivity index (χ0) is 19.1. The predicted molar refractivity (Wildman–Crippen MR) is 86.0 cm³/mol. The van der Waals surface area contributed by atoms with E-state index in [2.05, 4.69) is 0 Å². The number of rotatable bonds is 4. The molecule has 8 heteroatoms. The molecular weight excluding hydrogens is 353 g/mol. The summed E-state index contributed by atoms with van der Waals surface area (Å²) in [6, 6.07) is 2.53. The van der Waals surface area contributed by atoms with Crippen molar-refractivity contribution in [1.29, 1.82) is 0 Å². The molecule has 140 valence electrons. The fraction of sp³-hybridized carbons (Fsp3) is 0.444. The number of halogens is 3. The van der Waals surface area contributed by atoms with Crippen molar-refractivity contribution in [3.63, 3.8) is 0 Å². The van der Waals surface area contributed by atoms with Gasteiger partial charge in [0.15, 0.2) is 28.3 Å². The Morgan fingerprint density at radius 2 is 1.81 bits per heavy atom. The smallest absolute Gasteiger partial charge is 0.248 e. The minimum Gasteiger partial charge on any atom is -0.504 e. The molecule has 3 rings (SSSR count). The number of phenols is 1. The van der Waals surface area contributed by atoms with E-state index in [9.17, 15) is 33.0 Å². The summed E-state index contributed by atoms with van der Waals surface area (Å²) < 4.78 is 44.9. The van der Waals surface area contributed by atoms with Crippen molar-refractivity contribution in [1.82, 2.24) is 0 Å². The van der Waals surface area contributed by atoms with E-state index < -0.39 is 47.1 Å². The number of ketones is 1. The highest BCUT2D eigenvalue weighted by atomic mass is 19.3. The molecule has 0 unspecified atom stereocenters. The van der Waals surface area contributed by atoms with E-state index in [-0.39, 0.29) is 42.4 Å². The molecule has 0 radical (unpaired) electrons. The Morgan fingerprint density at radius 1 is 1.15 bits per heavy atom. The first-order chi connectivity index (χ1) is 12.1. The second-order valence-corrected chi connectivity index (χ2v) is 6.78. The molecule has 1 aliphatic carbocycles. The number of hydrogen-bond donors (Lipinski definition) is 2. The fourth-order valence-corrected chi connectivity index (χ4v) is 3.14. The molecule has 26 heavy (non-hydrogen) atoms. The first-order valence-corrected chi connectivity index (χ1v) is 8.18. The molecule has 0 atom stereocenters. The highest BCUT2D eigenvalue weighted by Gasteiger charge is 2.42. The van der Waals surface area contributed by atoms with Crippen LogP contribution in [0.4, 0.5) is 13.2 Å². The number of benzene rings is 1. The summed E-state index contributed by atoms with van der Waals surface area (Å²) in [6.45, 7) is 0. The van der Waals surface area contributed by atoms with Crippen LogP contribution in [0.25, 0.3) is 11.0 Å². The van der Waals surface area contributed by atoms with E-state index in [4.69, 9.17) is 4.42 Å². The third-order valence-electron chi connectivity index (χ3n) is 4.78. The molecule has 1 aliphatic rings. The number of hydrogen-bond acceptors (Lipinski definition) is 5. The van der Waals surface area contributed by atoms with Crippen molar-refractivity contribution in [2.75, 3.05) is 0 Å². The molecule has 0 bridgehead atoms. The van der Waals surface area contributed by atoms with Gasteiger partial charge in [-0.15, -0.1) is 0 Å². The number of carbonyl (C=O) groups is 1. The van der Waals surface area contributed by atoms with Crippen molar-refractivity contribution in [2.45, 2.75) is 50.0 Å². The number of carbonyl (C=O) groups excluding carboxylic acids is 1. The molecule has 1 saturated carbocycles. The van der Waals surface area contributed by atoms with Crippen LogP contribution >= 0.6 is 0 Å². The molecule has 1 aromatic carbocycles. The van der Waals surface area contributed by atoms with Gasteiger partial charge in [0.1, 0.15) is 5.82 Å². The molecule has 1 fully saturated rings. The first-order valence-electron chi connectivity index (χ1n) is 8.18. The maximum absolute atomic E-state index is 13.3. The highest BCUT2D eigenvalue weighted by molar-refractivity contribution is 5.95. The summed E-state index contributed by atoms with van der Waals surface area (Å²) in [4.78, 5) is 24.3. The van der Waals surface area contributed by atoms with E-state index >= 15 is 0 Å². The first kappa shape index (κ1) is 18.4. The second kappa shape index (κ2) is 6.42. The van der Waals surface area contributed by atoms with Crippen LogP contribution in [0.5, 0.6) is 5.75 Å². The van der Waals surface area contributed by atoms with Crippen LogP contribution in [0.1, 0.15) is 49.1 Å². The maximum atomic E-state index is 13.3. The summed E-state index contributed by atoms with van der Waals surface area (Å²) >= 11 is 0. The van der Waals surface area contributed by atoms with Gasteiger partial charge in [-0.3, -0.25) is 9.59 Å². The van der Waals surface area contributed by atoms with E-state index in [0.717, 1.165) is 18.2 Å². The number of Topliss-reactive ketones (excluding diaryl/α,β-unsaturated/α-hetero) is 1. The van der Waals surface area contributed by atoms with Crippen LogP contribution in [-0.2, 0) is 0 Å². The molecule has 5 nitrogen and oxygen atoms in total. The van der Waals surface area contributed by atoms with Crippen LogP contribution in [0, 0.1) is 5.82 Å². The van der Waals surface area contributed by atoms with Gasteiger partial charge in [-0.2, -0.15) is 0 Å². The number of aromatic hydroxyl groups is 1. The van der Waals surface area contributed by atoms with E-state index in [1.807, 2.05) is 0 Å². The number of phenolic OH excluding ortho intramolecular Hbond substituents is 1. The molecule has 0 amide bonds. The molecule has 1 aromatic heterocycles. The average molecular weight is 370 g/mol. The molecule has 2 aromatic rings. The Labute approximate surface area is 146 Å². The van der Waals surface area contributed by atoms with Gasteiger partial charge in [0.2, 0.25) is 5.92 Å². The fourth-order valence-electron chi connectivity index (χ4n) is 3.14. The summed E-state index contributed by atoms with van der Waals surface area (Å²) in [5.74, 6) is -5.18. The molecule has 2 N–H and O–H groups in total. The zero-order valence-corrected chi connectivity index (χ0v) is 13.7. The summed E-state index contributed by atoms with van der Waals surface area (Å²) in [5, 5.41) is 19.9. The minimum atomic E-state index is -2.80. The molecular formula is C18H17F3O5. The normalized spacial score (nSPS) is 18.8.